The summed E-state index contributed by atoms with van der Waals surface area (Å²) in [6, 6.07) is 0. The first kappa shape index (κ1) is 18.8. The lowest BCUT2D eigenvalue weighted by Gasteiger charge is -2.28. The van der Waals surface area contributed by atoms with Gasteiger partial charge in [-0.1, -0.05) is 6.92 Å². The summed E-state index contributed by atoms with van der Waals surface area (Å²) in [6.45, 7) is 13.4. The number of rotatable bonds is 11. The van der Waals surface area contributed by atoms with Gasteiger partial charge in [0.05, 0.1) is 25.4 Å². The average Bonchev–Trinajstić information content (AvgIpc) is 2.34. The van der Waals surface area contributed by atoms with Gasteiger partial charge in [-0.3, -0.25) is 0 Å². The minimum absolute atomic E-state index is 0.0944. The van der Waals surface area contributed by atoms with Gasteiger partial charge in [0.2, 0.25) is 0 Å². The van der Waals surface area contributed by atoms with E-state index in [0.29, 0.717) is 13.2 Å². The van der Waals surface area contributed by atoms with Crippen LogP contribution >= 0.6 is 0 Å². The van der Waals surface area contributed by atoms with Crippen molar-refractivity contribution in [3.63, 3.8) is 0 Å². The van der Waals surface area contributed by atoms with Gasteiger partial charge in [-0.25, -0.2) is 0 Å². The van der Waals surface area contributed by atoms with Gasteiger partial charge in [0, 0.05) is 12.1 Å². The fraction of sp³-hybridized carbons (Fsp3) is 1.00. The normalized spacial score (nSPS) is 15.5. The van der Waals surface area contributed by atoms with Crippen molar-refractivity contribution in [2.45, 2.75) is 65.0 Å². The molecule has 0 aromatic rings. The van der Waals surface area contributed by atoms with Crippen molar-refractivity contribution in [3.8, 4) is 0 Å². The van der Waals surface area contributed by atoms with E-state index in [1.165, 1.54) is 0 Å². The zero-order chi connectivity index (χ0) is 14.8. The van der Waals surface area contributed by atoms with Crippen LogP contribution in [0.15, 0.2) is 0 Å². The van der Waals surface area contributed by atoms with Crippen LogP contribution in [0.3, 0.4) is 0 Å². The first-order valence-corrected chi connectivity index (χ1v) is 7.40. The van der Waals surface area contributed by atoms with E-state index in [9.17, 15) is 5.11 Å². The minimum Gasteiger partial charge on any atom is -0.394 e. The molecule has 0 bridgehead atoms. The van der Waals surface area contributed by atoms with Gasteiger partial charge in [0.1, 0.15) is 0 Å². The topological polar surface area (TPSA) is 50.7 Å². The van der Waals surface area contributed by atoms with E-state index in [-0.39, 0.29) is 17.7 Å². The Morgan fingerprint density at radius 2 is 1.74 bits per heavy atom. The standard InChI is InChI=1S/C15H33NO3/c1-6-9-16-15(5,13-17)8-7-10-18-11-12-19-14(2,3)4/h16-17H,6-13H2,1-5H3. The maximum atomic E-state index is 9.42. The van der Waals surface area contributed by atoms with E-state index in [1.54, 1.807) is 0 Å². The molecule has 0 heterocycles. The van der Waals surface area contributed by atoms with Gasteiger partial charge in [0.25, 0.3) is 0 Å². The molecule has 0 aliphatic heterocycles. The monoisotopic (exact) mass is 275 g/mol. The zero-order valence-electron chi connectivity index (χ0n) is 13.4. The fourth-order valence-corrected chi connectivity index (χ4v) is 1.72. The van der Waals surface area contributed by atoms with Gasteiger partial charge < -0.3 is 19.9 Å². The summed E-state index contributed by atoms with van der Waals surface area (Å²) in [7, 11) is 0. The Bertz CT molecular complexity index is 216. The Morgan fingerprint density at radius 1 is 1.05 bits per heavy atom. The maximum absolute atomic E-state index is 9.42. The molecule has 0 rings (SSSR count). The molecule has 1 unspecified atom stereocenters. The molecule has 1 atom stereocenters. The lowest BCUT2D eigenvalue weighted by Crippen LogP contribution is -2.46. The lowest BCUT2D eigenvalue weighted by atomic mass is 9.97. The van der Waals surface area contributed by atoms with Crippen molar-refractivity contribution in [2.24, 2.45) is 0 Å². The molecule has 0 radical (unpaired) electrons. The Kier molecular flexibility index (Phi) is 9.62. The van der Waals surface area contributed by atoms with Crippen LogP contribution in [0, 0.1) is 0 Å². The van der Waals surface area contributed by atoms with Crippen molar-refractivity contribution in [1.82, 2.24) is 5.32 Å². The van der Waals surface area contributed by atoms with Crippen molar-refractivity contribution in [2.75, 3.05) is 33.0 Å². The minimum atomic E-state index is -0.179. The Labute approximate surface area is 118 Å². The lowest BCUT2D eigenvalue weighted by molar-refractivity contribution is -0.0357. The Morgan fingerprint density at radius 3 is 2.26 bits per heavy atom. The molecule has 0 amide bonds. The summed E-state index contributed by atoms with van der Waals surface area (Å²) in [6.07, 6.45) is 2.95. The summed E-state index contributed by atoms with van der Waals surface area (Å²) in [5, 5.41) is 12.8. The third kappa shape index (κ3) is 11.4. The smallest absolute Gasteiger partial charge is 0.0707 e. The Hall–Kier alpha value is -0.160. The van der Waals surface area contributed by atoms with Crippen LogP contribution in [0.5, 0.6) is 0 Å². The SMILES string of the molecule is CCCNC(C)(CO)CCCOCCOC(C)(C)C. The largest absolute Gasteiger partial charge is 0.394 e. The summed E-state index contributed by atoms with van der Waals surface area (Å²) >= 11 is 0. The van der Waals surface area contributed by atoms with Crippen LogP contribution in [0.4, 0.5) is 0 Å². The second kappa shape index (κ2) is 9.70. The summed E-state index contributed by atoms with van der Waals surface area (Å²) in [5.74, 6) is 0. The molecule has 0 aromatic heterocycles. The van der Waals surface area contributed by atoms with Crippen molar-refractivity contribution < 1.29 is 14.6 Å². The predicted molar refractivity (Wildman–Crippen MR) is 79.5 cm³/mol. The van der Waals surface area contributed by atoms with E-state index in [0.717, 1.165) is 32.4 Å². The summed E-state index contributed by atoms with van der Waals surface area (Å²) in [5.41, 5.74) is -0.274. The van der Waals surface area contributed by atoms with Gasteiger partial charge in [-0.15, -0.1) is 0 Å². The molecule has 0 aliphatic carbocycles. The van der Waals surface area contributed by atoms with E-state index in [2.05, 4.69) is 19.2 Å². The highest BCUT2D eigenvalue weighted by Gasteiger charge is 2.21. The van der Waals surface area contributed by atoms with Gasteiger partial charge in [-0.05, 0) is 53.5 Å². The van der Waals surface area contributed by atoms with Crippen LogP contribution in [0.1, 0.15) is 53.9 Å². The number of ether oxygens (including phenoxy) is 2. The number of aliphatic hydroxyl groups excluding tert-OH is 1. The van der Waals surface area contributed by atoms with Crippen molar-refractivity contribution in [3.05, 3.63) is 0 Å². The Balaban J connectivity index is 3.56. The van der Waals surface area contributed by atoms with Gasteiger partial charge in [-0.2, -0.15) is 0 Å². The molecule has 0 aliphatic rings. The third-order valence-electron chi connectivity index (χ3n) is 2.93. The van der Waals surface area contributed by atoms with E-state index < -0.39 is 0 Å². The quantitative estimate of drug-likeness (QED) is 0.568. The number of hydrogen-bond donors (Lipinski definition) is 2. The molecular formula is C15H33NO3. The van der Waals surface area contributed by atoms with Crippen LogP contribution in [0.25, 0.3) is 0 Å². The highest BCUT2D eigenvalue weighted by molar-refractivity contribution is 4.81. The molecule has 0 saturated carbocycles. The van der Waals surface area contributed by atoms with E-state index in [1.807, 2.05) is 20.8 Å². The molecular weight excluding hydrogens is 242 g/mol. The van der Waals surface area contributed by atoms with Gasteiger partial charge >= 0.3 is 0 Å². The van der Waals surface area contributed by atoms with Crippen LogP contribution in [-0.2, 0) is 9.47 Å². The van der Waals surface area contributed by atoms with Crippen LogP contribution < -0.4 is 5.32 Å². The van der Waals surface area contributed by atoms with Crippen LogP contribution in [-0.4, -0.2) is 49.2 Å². The molecule has 19 heavy (non-hydrogen) atoms. The third-order valence-corrected chi connectivity index (χ3v) is 2.93. The molecule has 0 fully saturated rings. The molecule has 4 nitrogen and oxygen atoms in total. The number of hydrogen-bond acceptors (Lipinski definition) is 4. The van der Waals surface area contributed by atoms with Crippen molar-refractivity contribution >= 4 is 0 Å². The number of aliphatic hydroxyl groups is 1. The maximum Gasteiger partial charge on any atom is 0.0707 e. The molecule has 0 aromatic carbocycles. The van der Waals surface area contributed by atoms with Gasteiger partial charge in [0.15, 0.2) is 0 Å². The second-order valence-electron chi connectivity index (χ2n) is 6.32. The first-order chi connectivity index (χ1) is 8.83. The molecule has 2 N–H and O–H groups in total. The highest BCUT2D eigenvalue weighted by atomic mass is 16.5. The summed E-state index contributed by atoms with van der Waals surface area (Å²) < 4.78 is 11.1. The molecule has 116 valence electrons. The zero-order valence-corrected chi connectivity index (χ0v) is 13.4. The van der Waals surface area contributed by atoms with Crippen molar-refractivity contribution in [1.29, 1.82) is 0 Å². The molecule has 0 saturated heterocycles. The molecule has 4 heteroatoms. The fourth-order valence-electron chi connectivity index (χ4n) is 1.72. The van der Waals surface area contributed by atoms with E-state index >= 15 is 0 Å². The average molecular weight is 275 g/mol. The second-order valence-corrected chi connectivity index (χ2v) is 6.32. The highest BCUT2D eigenvalue weighted by Crippen LogP contribution is 2.12. The first-order valence-electron chi connectivity index (χ1n) is 7.40. The van der Waals surface area contributed by atoms with E-state index in [4.69, 9.17) is 9.47 Å². The van der Waals surface area contributed by atoms with Crippen LogP contribution in [0.2, 0.25) is 0 Å². The number of nitrogens with one attached hydrogen (secondary N) is 1. The summed E-state index contributed by atoms with van der Waals surface area (Å²) in [4.78, 5) is 0. The molecule has 0 spiro atoms. The predicted octanol–water partition coefficient (Wildman–Crippen LogP) is 2.35.